The average molecular weight is 465 g/mol. The van der Waals surface area contributed by atoms with Crippen LogP contribution in [0.25, 0.3) is 0 Å². The van der Waals surface area contributed by atoms with Gasteiger partial charge in [-0.1, -0.05) is 41.4 Å². The maximum atomic E-state index is 12.6. The van der Waals surface area contributed by atoms with E-state index in [2.05, 4.69) is 20.6 Å². The van der Waals surface area contributed by atoms with Gasteiger partial charge in [0.15, 0.2) is 0 Å². The number of anilines is 1. The number of sulfonamides is 1. The Labute approximate surface area is 182 Å². The zero-order chi connectivity index (χ0) is 21.7. The first-order valence-electron chi connectivity index (χ1n) is 8.36. The average Bonchev–Trinajstić information content (AvgIpc) is 2.74. The number of carbonyl (C=O) groups is 2. The number of amides is 2. The quantitative estimate of drug-likeness (QED) is 0.395. The van der Waals surface area contributed by atoms with E-state index in [4.69, 9.17) is 23.2 Å². The lowest BCUT2D eigenvalue weighted by Gasteiger charge is -2.11. The summed E-state index contributed by atoms with van der Waals surface area (Å²) in [7, 11) is -3.99. The van der Waals surface area contributed by atoms with Gasteiger partial charge in [-0.05, 0) is 42.5 Å². The van der Waals surface area contributed by atoms with Crippen molar-refractivity contribution in [2.45, 2.75) is 4.90 Å². The summed E-state index contributed by atoms with van der Waals surface area (Å²) in [4.78, 5) is 28.0. The third-order valence-corrected chi connectivity index (χ3v) is 5.72. The minimum atomic E-state index is -3.99. The van der Waals surface area contributed by atoms with Gasteiger partial charge in [0.05, 0.1) is 21.2 Å². The van der Waals surface area contributed by atoms with E-state index in [0.717, 1.165) is 0 Å². The molecular weight excluding hydrogens is 451 g/mol. The summed E-state index contributed by atoms with van der Waals surface area (Å²) in [6.45, 7) is 0. The van der Waals surface area contributed by atoms with Gasteiger partial charge in [-0.25, -0.2) is 13.4 Å². The summed E-state index contributed by atoms with van der Waals surface area (Å²) < 4.78 is 27.6. The van der Waals surface area contributed by atoms with Crippen LogP contribution in [0.3, 0.4) is 0 Å². The fourth-order valence-electron chi connectivity index (χ4n) is 2.32. The molecule has 0 unspecified atom stereocenters. The largest absolute Gasteiger partial charge is 0.278 e. The van der Waals surface area contributed by atoms with Crippen molar-refractivity contribution in [3.8, 4) is 0 Å². The topological polar surface area (TPSA) is 117 Å². The molecule has 0 saturated carbocycles. The molecule has 11 heteroatoms. The molecule has 0 aliphatic rings. The molecule has 0 aliphatic carbocycles. The predicted molar refractivity (Wildman–Crippen MR) is 113 cm³/mol. The fourth-order valence-corrected chi connectivity index (χ4v) is 3.80. The van der Waals surface area contributed by atoms with Crippen LogP contribution < -0.4 is 15.6 Å². The molecule has 2 amide bonds. The van der Waals surface area contributed by atoms with Gasteiger partial charge in [-0.15, -0.1) is 0 Å². The molecule has 30 heavy (non-hydrogen) atoms. The van der Waals surface area contributed by atoms with Gasteiger partial charge < -0.3 is 0 Å². The van der Waals surface area contributed by atoms with Crippen molar-refractivity contribution in [2.24, 2.45) is 0 Å². The number of hydrazine groups is 1. The van der Waals surface area contributed by atoms with Crippen LogP contribution in [0.4, 0.5) is 5.69 Å². The minimum absolute atomic E-state index is 0.0200. The lowest BCUT2D eigenvalue weighted by molar-refractivity contribution is 0.0846. The van der Waals surface area contributed by atoms with Crippen molar-refractivity contribution in [3.63, 3.8) is 0 Å². The van der Waals surface area contributed by atoms with Crippen molar-refractivity contribution >= 4 is 50.7 Å². The lowest BCUT2D eigenvalue weighted by atomic mass is 10.2. The van der Waals surface area contributed by atoms with E-state index in [9.17, 15) is 18.0 Å². The van der Waals surface area contributed by atoms with Crippen molar-refractivity contribution in [1.29, 1.82) is 0 Å². The van der Waals surface area contributed by atoms with Crippen LogP contribution in [-0.4, -0.2) is 25.2 Å². The Balaban J connectivity index is 1.71. The van der Waals surface area contributed by atoms with Crippen molar-refractivity contribution in [3.05, 3.63) is 88.2 Å². The molecule has 1 heterocycles. The Hall–Kier alpha value is -3.14. The van der Waals surface area contributed by atoms with Gasteiger partial charge in [0, 0.05) is 11.8 Å². The highest BCUT2D eigenvalue weighted by Crippen LogP contribution is 2.24. The highest BCUT2D eigenvalue weighted by atomic mass is 35.5. The third kappa shape index (κ3) is 5.26. The number of hydrogen-bond acceptors (Lipinski definition) is 5. The highest BCUT2D eigenvalue weighted by Gasteiger charge is 2.18. The molecule has 0 spiro atoms. The Bertz CT molecular complexity index is 1200. The molecule has 154 valence electrons. The molecule has 2 aromatic carbocycles. The second kappa shape index (κ2) is 9.12. The number of benzene rings is 2. The van der Waals surface area contributed by atoms with Crippen molar-refractivity contribution < 1.29 is 18.0 Å². The Kier molecular flexibility index (Phi) is 6.56. The van der Waals surface area contributed by atoms with Gasteiger partial charge >= 0.3 is 0 Å². The molecule has 1 aromatic heterocycles. The minimum Gasteiger partial charge on any atom is -0.278 e. The van der Waals surface area contributed by atoms with E-state index in [-0.39, 0.29) is 31.9 Å². The normalized spacial score (nSPS) is 10.9. The van der Waals surface area contributed by atoms with Gasteiger partial charge in [0.25, 0.3) is 21.8 Å². The van der Waals surface area contributed by atoms with E-state index < -0.39 is 21.8 Å². The molecule has 3 rings (SSSR count). The molecular formula is C19H14Cl2N4O4S. The number of halogens is 2. The monoisotopic (exact) mass is 464 g/mol. The van der Waals surface area contributed by atoms with Gasteiger partial charge in [0.1, 0.15) is 5.15 Å². The van der Waals surface area contributed by atoms with Crippen LogP contribution in [0.5, 0.6) is 0 Å². The van der Waals surface area contributed by atoms with E-state index in [1.54, 1.807) is 18.2 Å². The zero-order valence-corrected chi connectivity index (χ0v) is 17.4. The molecule has 0 radical (unpaired) electrons. The van der Waals surface area contributed by atoms with E-state index in [1.165, 1.54) is 48.7 Å². The predicted octanol–water partition coefficient (Wildman–Crippen LogP) is 3.26. The van der Waals surface area contributed by atoms with Gasteiger partial charge in [-0.3, -0.25) is 25.2 Å². The second-order valence-electron chi connectivity index (χ2n) is 5.89. The van der Waals surface area contributed by atoms with Gasteiger partial charge in [-0.2, -0.15) is 0 Å². The lowest BCUT2D eigenvalue weighted by Crippen LogP contribution is -2.41. The Morgan fingerprint density at radius 2 is 1.53 bits per heavy atom. The number of hydrogen-bond donors (Lipinski definition) is 3. The molecule has 0 aliphatic heterocycles. The van der Waals surface area contributed by atoms with Gasteiger partial charge in [0.2, 0.25) is 0 Å². The standard InChI is InChI=1S/C19H14Cl2N4O4S/c20-15-6-1-2-7-16(15)25-30(28,29)14-5-3-4-12(10-14)18(26)23-24-19(27)13-8-9-17(21)22-11-13/h1-11,25H,(H,23,26)(H,24,27). The molecule has 0 atom stereocenters. The number of nitrogens with one attached hydrogen (secondary N) is 3. The first kappa shape index (κ1) is 21.6. The van der Waals surface area contributed by atoms with Crippen LogP contribution in [0.1, 0.15) is 20.7 Å². The first-order valence-corrected chi connectivity index (χ1v) is 10.6. The first-order chi connectivity index (χ1) is 14.3. The van der Waals surface area contributed by atoms with Crippen LogP contribution >= 0.6 is 23.2 Å². The summed E-state index contributed by atoms with van der Waals surface area (Å²) in [6.07, 6.45) is 1.25. The third-order valence-electron chi connectivity index (χ3n) is 3.80. The number of rotatable bonds is 5. The zero-order valence-electron chi connectivity index (χ0n) is 15.1. The Morgan fingerprint density at radius 1 is 0.833 bits per heavy atom. The SMILES string of the molecule is O=C(NNC(=O)c1cccc(S(=O)(=O)Nc2ccccc2Cl)c1)c1ccc(Cl)nc1. The van der Waals surface area contributed by atoms with E-state index >= 15 is 0 Å². The summed E-state index contributed by atoms with van der Waals surface area (Å²) in [5, 5.41) is 0.452. The molecule has 8 nitrogen and oxygen atoms in total. The summed E-state index contributed by atoms with van der Waals surface area (Å²) in [5.74, 6) is -1.32. The molecule has 0 saturated heterocycles. The number of nitrogens with zero attached hydrogens (tertiary/aromatic N) is 1. The molecule has 3 aromatic rings. The van der Waals surface area contributed by atoms with Crippen LogP contribution in [-0.2, 0) is 10.0 Å². The summed E-state index contributed by atoms with van der Waals surface area (Å²) >= 11 is 11.6. The second-order valence-corrected chi connectivity index (χ2v) is 8.37. The molecule has 3 N–H and O–H groups in total. The molecule has 0 bridgehead atoms. The summed E-state index contributed by atoms with van der Waals surface area (Å²) in [5.41, 5.74) is 4.84. The van der Waals surface area contributed by atoms with Crippen LogP contribution in [0.2, 0.25) is 10.2 Å². The number of aromatic nitrogens is 1. The van der Waals surface area contributed by atoms with E-state index in [0.29, 0.717) is 0 Å². The number of para-hydroxylation sites is 1. The van der Waals surface area contributed by atoms with Crippen LogP contribution in [0.15, 0.2) is 71.8 Å². The smallest absolute Gasteiger partial charge is 0.271 e. The Morgan fingerprint density at radius 3 is 2.20 bits per heavy atom. The van der Waals surface area contributed by atoms with Crippen LogP contribution in [0, 0.1) is 0 Å². The maximum Gasteiger partial charge on any atom is 0.271 e. The van der Waals surface area contributed by atoms with E-state index in [1.807, 2.05) is 0 Å². The van der Waals surface area contributed by atoms with Crippen molar-refractivity contribution in [1.82, 2.24) is 15.8 Å². The summed E-state index contributed by atoms with van der Waals surface area (Å²) in [6, 6.07) is 14.5. The maximum absolute atomic E-state index is 12.6. The van der Waals surface area contributed by atoms with Crippen molar-refractivity contribution in [2.75, 3.05) is 4.72 Å². The fraction of sp³-hybridized carbons (Fsp3) is 0. The highest BCUT2D eigenvalue weighted by molar-refractivity contribution is 7.92. The molecule has 0 fully saturated rings. The number of pyridine rings is 1. The number of carbonyl (C=O) groups excluding carboxylic acids is 2.